The molecule has 0 radical (unpaired) electrons. The van der Waals surface area contributed by atoms with Crippen LogP contribution in [-0.4, -0.2) is 35.4 Å². The molecular weight excluding hydrogens is 324 g/mol. The van der Waals surface area contributed by atoms with Gasteiger partial charge < -0.3 is 10.6 Å². The maximum absolute atomic E-state index is 12.2. The van der Waals surface area contributed by atoms with E-state index in [2.05, 4.69) is 40.4 Å². The van der Waals surface area contributed by atoms with Crippen LogP contribution in [0.2, 0.25) is 0 Å². The normalized spacial score (nSPS) is 14.9. The third-order valence-corrected chi connectivity index (χ3v) is 5.03. The lowest BCUT2D eigenvalue weighted by Crippen LogP contribution is -2.36. The second kappa shape index (κ2) is 8.32. The first-order valence-electron chi connectivity index (χ1n) is 9.35. The average Bonchev–Trinajstić information content (AvgIpc) is 2.62. The second-order valence-electron chi connectivity index (χ2n) is 7.12. The number of amides is 1. The molecule has 0 bridgehead atoms. The van der Waals surface area contributed by atoms with Gasteiger partial charge in [-0.05, 0) is 88.2 Å². The van der Waals surface area contributed by atoms with Crippen molar-refractivity contribution in [3.63, 3.8) is 0 Å². The first kappa shape index (κ1) is 18.4. The molecule has 1 aliphatic rings. The maximum Gasteiger partial charge on any atom is 0.238 e. The fourth-order valence-electron chi connectivity index (χ4n) is 3.27. The van der Waals surface area contributed by atoms with Gasteiger partial charge in [-0.1, -0.05) is 6.42 Å². The molecule has 1 aliphatic heterocycles. The van der Waals surface area contributed by atoms with E-state index in [1.165, 1.54) is 30.4 Å². The summed E-state index contributed by atoms with van der Waals surface area (Å²) in [6.45, 7) is 8.73. The molecule has 1 fully saturated rings. The SMILES string of the molecule is Cc1cc(Nc2ccc(NC(=O)CN3CCCCC3)cc2)nc(C)c1C. The Morgan fingerprint density at radius 2 is 1.69 bits per heavy atom. The predicted octanol–water partition coefficient (Wildman–Crippen LogP) is 4.17. The molecule has 5 nitrogen and oxygen atoms in total. The van der Waals surface area contributed by atoms with E-state index >= 15 is 0 Å². The number of hydrogen-bond donors (Lipinski definition) is 2. The molecule has 1 saturated heterocycles. The van der Waals surface area contributed by atoms with Crippen molar-refractivity contribution in [3.05, 3.63) is 47.2 Å². The molecule has 3 rings (SSSR count). The minimum atomic E-state index is 0.0547. The lowest BCUT2D eigenvalue weighted by molar-refractivity contribution is -0.117. The molecule has 138 valence electrons. The van der Waals surface area contributed by atoms with Crippen LogP contribution in [0, 0.1) is 20.8 Å². The van der Waals surface area contributed by atoms with Gasteiger partial charge in [0.15, 0.2) is 0 Å². The van der Waals surface area contributed by atoms with Gasteiger partial charge in [0.1, 0.15) is 5.82 Å². The number of anilines is 3. The van der Waals surface area contributed by atoms with Crippen LogP contribution in [0.4, 0.5) is 17.2 Å². The molecule has 2 N–H and O–H groups in total. The van der Waals surface area contributed by atoms with Crippen molar-refractivity contribution in [2.75, 3.05) is 30.3 Å². The van der Waals surface area contributed by atoms with Gasteiger partial charge in [-0.2, -0.15) is 0 Å². The van der Waals surface area contributed by atoms with Crippen molar-refractivity contribution in [3.8, 4) is 0 Å². The molecule has 2 heterocycles. The number of piperidine rings is 1. The zero-order valence-electron chi connectivity index (χ0n) is 15.9. The molecule has 1 aromatic carbocycles. The van der Waals surface area contributed by atoms with Crippen LogP contribution < -0.4 is 10.6 Å². The van der Waals surface area contributed by atoms with Crippen LogP contribution in [0.5, 0.6) is 0 Å². The molecule has 0 unspecified atom stereocenters. The number of benzene rings is 1. The molecular formula is C21H28N4O. The van der Waals surface area contributed by atoms with Gasteiger partial charge in [-0.15, -0.1) is 0 Å². The van der Waals surface area contributed by atoms with Crippen LogP contribution in [0.3, 0.4) is 0 Å². The molecule has 26 heavy (non-hydrogen) atoms. The molecule has 2 aromatic rings. The Hall–Kier alpha value is -2.40. The lowest BCUT2D eigenvalue weighted by atomic mass is 10.1. The van der Waals surface area contributed by atoms with E-state index < -0.39 is 0 Å². The Morgan fingerprint density at radius 3 is 2.35 bits per heavy atom. The van der Waals surface area contributed by atoms with Crippen LogP contribution in [-0.2, 0) is 4.79 Å². The van der Waals surface area contributed by atoms with Crippen molar-refractivity contribution >= 4 is 23.1 Å². The number of aromatic nitrogens is 1. The molecule has 0 atom stereocenters. The molecule has 1 amide bonds. The minimum absolute atomic E-state index is 0.0547. The van der Waals surface area contributed by atoms with Gasteiger partial charge in [-0.25, -0.2) is 4.98 Å². The van der Waals surface area contributed by atoms with Crippen molar-refractivity contribution in [1.82, 2.24) is 9.88 Å². The summed E-state index contributed by atoms with van der Waals surface area (Å²) in [6, 6.07) is 9.82. The summed E-state index contributed by atoms with van der Waals surface area (Å²) in [5.41, 5.74) is 5.26. The van der Waals surface area contributed by atoms with E-state index in [0.717, 1.165) is 36.0 Å². The van der Waals surface area contributed by atoms with Gasteiger partial charge in [0.05, 0.1) is 6.54 Å². The number of likely N-dealkylation sites (tertiary alicyclic amines) is 1. The first-order chi connectivity index (χ1) is 12.5. The zero-order valence-corrected chi connectivity index (χ0v) is 15.9. The monoisotopic (exact) mass is 352 g/mol. The summed E-state index contributed by atoms with van der Waals surface area (Å²) in [5.74, 6) is 0.895. The van der Waals surface area contributed by atoms with Gasteiger partial charge in [0, 0.05) is 17.1 Å². The Kier molecular flexibility index (Phi) is 5.89. The number of pyridine rings is 1. The van der Waals surface area contributed by atoms with Gasteiger partial charge in [0.2, 0.25) is 5.91 Å². The minimum Gasteiger partial charge on any atom is -0.340 e. The number of aryl methyl sites for hydroxylation is 2. The van der Waals surface area contributed by atoms with Crippen LogP contribution in [0.1, 0.15) is 36.1 Å². The molecule has 0 spiro atoms. The quantitative estimate of drug-likeness (QED) is 0.848. The fourth-order valence-corrected chi connectivity index (χ4v) is 3.27. The summed E-state index contributed by atoms with van der Waals surface area (Å²) >= 11 is 0. The second-order valence-corrected chi connectivity index (χ2v) is 7.12. The standard InChI is InChI=1S/C21H28N4O/c1-15-13-20(22-17(3)16(15)2)23-18-7-9-19(10-8-18)24-21(26)14-25-11-5-4-6-12-25/h7-10,13H,4-6,11-12,14H2,1-3H3,(H,22,23)(H,24,26). The van der Waals surface area contributed by atoms with Crippen molar-refractivity contribution < 1.29 is 4.79 Å². The molecule has 0 saturated carbocycles. The smallest absolute Gasteiger partial charge is 0.238 e. The van der Waals surface area contributed by atoms with Crippen molar-refractivity contribution in [1.29, 1.82) is 0 Å². The number of carbonyl (C=O) groups is 1. The number of hydrogen-bond acceptors (Lipinski definition) is 4. The highest BCUT2D eigenvalue weighted by Gasteiger charge is 2.13. The predicted molar refractivity (Wildman–Crippen MR) is 107 cm³/mol. The van der Waals surface area contributed by atoms with E-state index in [9.17, 15) is 4.79 Å². The van der Waals surface area contributed by atoms with Crippen LogP contribution in [0.25, 0.3) is 0 Å². The highest BCUT2D eigenvalue weighted by Crippen LogP contribution is 2.21. The Morgan fingerprint density at radius 1 is 1.04 bits per heavy atom. The number of nitrogens with one attached hydrogen (secondary N) is 2. The van der Waals surface area contributed by atoms with Crippen LogP contribution in [0.15, 0.2) is 30.3 Å². The Bertz CT molecular complexity index is 741. The summed E-state index contributed by atoms with van der Waals surface area (Å²) in [7, 11) is 0. The van der Waals surface area contributed by atoms with E-state index in [-0.39, 0.29) is 5.91 Å². The molecule has 0 aliphatic carbocycles. The summed E-state index contributed by atoms with van der Waals surface area (Å²) in [5, 5.41) is 6.31. The van der Waals surface area contributed by atoms with Gasteiger partial charge in [-0.3, -0.25) is 9.69 Å². The Balaban J connectivity index is 1.57. The maximum atomic E-state index is 12.2. The van der Waals surface area contributed by atoms with E-state index in [4.69, 9.17) is 0 Å². The van der Waals surface area contributed by atoms with Crippen LogP contribution >= 0.6 is 0 Å². The number of carbonyl (C=O) groups excluding carboxylic acids is 1. The number of rotatable bonds is 5. The number of nitrogens with zero attached hydrogens (tertiary/aromatic N) is 2. The lowest BCUT2D eigenvalue weighted by Gasteiger charge is -2.25. The zero-order chi connectivity index (χ0) is 18.5. The highest BCUT2D eigenvalue weighted by molar-refractivity contribution is 5.92. The molecule has 1 aromatic heterocycles. The topological polar surface area (TPSA) is 57.3 Å². The van der Waals surface area contributed by atoms with Gasteiger partial charge in [0.25, 0.3) is 0 Å². The van der Waals surface area contributed by atoms with E-state index in [0.29, 0.717) is 6.54 Å². The Labute approximate surface area is 155 Å². The third-order valence-electron chi connectivity index (χ3n) is 5.03. The first-order valence-corrected chi connectivity index (χ1v) is 9.35. The fraction of sp³-hybridized carbons (Fsp3) is 0.429. The largest absolute Gasteiger partial charge is 0.340 e. The average molecular weight is 352 g/mol. The van der Waals surface area contributed by atoms with E-state index in [1.54, 1.807) is 0 Å². The summed E-state index contributed by atoms with van der Waals surface area (Å²) < 4.78 is 0. The van der Waals surface area contributed by atoms with Gasteiger partial charge >= 0.3 is 0 Å². The summed E-state index contributed by atoms with van der Waals surface area (Å²) in [4.78, 5) is 19.0. The summed E-state index contributed by atoms with van der Waals surface area (Å²) in [6.07, 6.45) is 3.67. The van der Waals surface area contributed by atoms with E-state index in [1.807, 2.05) is 31.2 Å². The highest BCUT2D eigenvalue weighted by atomic mass is 16.2. The molecule has 5 heteroatoms. The third kappa shape index (κ3) is 4.82. The van der Waals surface area contributed by atoms with Crippen molar-refractivity contribution in [2.45, 2.75) is 40.0 Å². The van der Waals surface area contributed by atoms with Crippen molar-refractivity contribution in [2.24, 2.45) is 0 Å².